The lowest BCUT2D eigenvalue weighted by molar-refractivity contribution is -0.143. The van der Waals surface area contributed by atoms with E-state index in [1.54, 1.807) is 6.92 Å². The minimum atomic E-state index is -1.23. The van der Waals surface area contributed by atoms with Crippen LogP contribution in [0.4, 0.5) is 0 Å². The summed E-state index contributed by atoms with van der Waals surface area (Å²) in [5, 5.41) is 41.9. The van der Waals surface area contributed by atoms with Crippen LogP contribution in [-0.4, -0.2) is 144 Å². The lowest BCUT2D eigenvalue weighted by atomic mass is 10.3. The Bertz CT molecular complexity index is 733. The van der Waals surface area contributed by atoms with Crippen molar-refractivity contribution in [2.75, 3.05) is 78.7 Å². The summed E-state index contributed by atoms with van der Waals surface area (Å²) in [5.41, 5.74) is 0. The third-order valence-electron chi connectivity index (χ3n) is 4.54. The maximum atomic E-state index is 12.2. The van der Waals surface area contributed by atoms with Gasteiger partial charge in [0.05, 0.1) is 38.5 Å². The molecule has 206 valence electrons. The molecular weight excluding hydrogens is 482 g/mol. The Hall–Kier alpha value is -3.27. The number of allylic oxidation sites excluding steroid dienone is 1. The average Bonchev–Trinajstić information content (AvgIpc) is 2.72. The standard InChI is InChI=1S/C21H37N5O10/c1-16(2)36-15-22-4-3-5-23-17(27)10-25(12-19(30)31)8-6-24(11-18(28)29)7-9-26(13-20(32)33)14-21(34)35/h22H,1,3-15H2,2H3,(H,23,27)(H,28,29)(H,30,31)(H,32,33)(H,34,35). The number of hydrogen-bond donors (Lipinski definition) is 6. The predicted octanol–water partition coefficient (Wildman–Crippen LogP) is -2.17. The van der Waals surface area contributed by atoms with Crippen LogP contribution in [0.25, 0.3) is 0 Å². The lowest BCUT2D eigenvalue weighted by Gasteiger charge is -2.27. The van der Waals surface area contributed by atoms with Crippen molar-refractivity contribution in [3.05, 3.63) is 12.3 Å². The molecule has 1 amide bonds. The summed E-state index contributed by atoms with van der Waals surface area (Å²) >= 11 is 0. The van der Waals surface area contributed by atoms with E-state index in [-0.39, 0.29) is 32.7 Å². The molecule has 0 aromatic heterocycles. The van der Waals surface area contributed by atoms with Gasteiger partial charge < -0.3 is 30.5 Å². The van der Waals surface area contributed by atoms with Crippen LogP contribution in [0.3, 0.4) is 0 Å². The zero-order chi connectivity index (χ0) is 27.5. The highest BCUT2D eigenvalue weighted by molar-refractivity contribution is 5.79. The van der Waals surface area contributed by atoms with Crippen LogP contribution in [0.2, 0.25) is 0 Å². The molecule has 0 aliphatic carbocycles. The Balaban J connectivity index is 4.75. The Kier molecular flexibility index (Phi) is 17.3. The first-order chi connectivity index (χ1) is 16.9. The number of amides is 1. The number of carboxylic acid groups (broad SMARTS) is 4. The minimum absolute atomic E-state index is 0.0298. The van der Waals surface area contributed by atoms with Crippen LogP contribution in [-0.2, 0) is 28.7 Å². The Labute approximate surface area is 209 Å². The number of nitrogens with one attached hydrogen (secondary N) is 2. The number of hydrogen-bond acceptors (Lipinski definition) is 10. The van der Waals surface area contributed by atoms with E-state index < -0.39 is 56.0 Å². The SMILES string of the molecule is C=C(C)OCNCCCNC(=O)CN(CCN(CCN(CC(=O)O)CC(=O)O)CC(=O)O)CC(=O)O. The molecule has 0 aromatic rings. The third kappa shape index (κ3) is 20.1. The summed E-state index contributed by atoms with van der Waals surface area (Å²) < 4.78 is 5.14. The molecule has 0 saturated carbocycles. The molecule has 0 radical (unpaired) electrons. The number of nitrogens with zero attached hydrogens (tertiary/aromatic N) is 3. The van der Waals surface area contributed by atoms with Crippen molar-refractivity contribution >= 4 is 29.8 Å². The number of carbonyl (C=O) groups excluding carboxylic acids is 1. The van der Waals surface area contributed by atoms with Gasteiger partial charge in [-0.1, -0.05) is 6.58 Å². The zero-order valence-electron chi connectivity index (χ0n) is 20.5. The highest BCUT2D eigenvalue weighted by atomic mass is 16.5. The highest BCUT2D eigenvalue weighted by Gasteiger charge is 2.19. The molecule has 6 N–H and O–H groups in total. The molecule has 0 heterocycles. The molecule has 0 atom stereocenters. The Morgan fingerprint density at radius 2 is 1.11 bits per heavy atom. The summed E-state index contributed by atoms with van der Waals surface area (Å²) in [6.07, 6.45) is 0.611. The molecule has 0 aliphatic heterocycles. The predicted molar refractivity (Wildman–Crippen MR) is 126 cm³/mol. The van der Waals surface area contributed by atoms with Crippen molar-refractivity contribution in [2.24, 2.45) is 0 Å². The van der Waals surface area contributed by atoms with Crippen molar-refractivity contribution in [2.45, 2.75) is 13.3 Å². The molecule has 0 aromatic carbocycles. The molecule has 0 spiro atoms. The summed E-state index contributed by atoms with van der Waals surface area (Å²) in [6, 6.07) is 0. The van der Waals surface area contributed by atoms with E-state index in [1.807, 2.05) is 0 Å². The van der Waals surface area contributed by atoms with Gasteiger partial charge in [0.2, 0.25) is 5.91 Å². The van der Waals surface area contributed by atoms with E-state index in [0.29, 0.717) is 32.0 Å². The summed E-state index contributed by atoms with van der Waals surface area (Å²) in [7, 11) is 0. The van der Waals surface area contributed by atoms with Crippen molar-refractivity contribution in [1.29, 1.82) is 0 Å². The summed E-state index contributed by atoms with van der Waals surface area (Å²) in [4.78, 5) is 60.5. The summed E-state index contributed by atoms with van der Waals surface area (Å²) in [5.74, 6) is -4.60. The van der Waals surface area contributed by atoms with Gasteiger partial charge in [0.15, 0.2) is 0 Å². The van der Waals surface area contributed by atoms with Gasteiger partial charge in [-0.05, 0) is 19.9 Å². The zero-order valence-corrected chi connectivity index (χ0v) is 20.5. The molecule has 15 nitrogen and oxygen atoms in total. The normalized spacial score (nSPS) is 11.0. The fourth-order valence-electron chi connectivity index (χ4n) is 2.98. The fraction of sp³-hybridized carbons (Fsp3) is 0.667. The smallest absolute Gasteiger partial charge is 0.317 e. The molecule has 0 bridgehead atoms. The van der Waals surface area contributed by atoms with Crippen molar-refractivity contribution in [1.82, 2.24) is 25.3 Å². The molecule has 0 fully saturated rings. The number of carbonyl (C=O) groups is 5. The second-order valence-electron chi connectivity index (χ2n) is 7.97. The topological polar surface area (TPSA) is 209 Å². The van der Waals surface area contributed by atoms with Gasteiger partial charge in [0, 0.05) is 32.7 Å². The average molecular weight is 520 g/mol. The summed E-state index contributed by atoms with van der Waals surface area (Å²) in [6.45, 7) is 4.50. The van der Waals surface area contributed by atoms with Crippen LogP contribution in [0.1, 0.15) is 13.3 Å². The number of carboxylic acids is 4. The van der Waals surface area contributed by atoms with Gasteiger partial charge in [-0.15, -0.1) is 0 Å². The number of ether oxygens (including phenoxy) is 1. The maximum Gasteiger partial charge on any atom is 0.317 e. The molecule has 0 aliphatic rings. The largest absolute Gasteiger partial charge is 0.484 e. The monoisotopic (exact) mass is 519 g/mol. The van der Waals surface area contributed by atoms with E-state index in [1.165, 1.54) is 9.80 Å². The number of rotatable bonds is 23. The minimum Gasteiger partial charge on any atom is -0.484 e. The van der Waals surface area contributed by atoms with Crippen LogP contribution < -0.4 is 10.6 Å². The third-order valence-corrected chi connectivity index (χ3v) is 4.54. The van der Waals surface area contributed by atoms with Crippen LogP contribution in [0.15, 0.2) is 12.3 Å². The first-order valence-electron chi connectivity index (χ1n) is 11.2. The van der Waals surface area contributed by atoms with Crippen LogP contribution in [0.5, 0.6) is 0 Å². The first-order valence-corrected chi connectivity index (χ1v) is 11.2. The maximum absolute atomic E-state index is 12.2. The highest BCUT2D eigenvalue weighted by Crippen LogP contribution is 1.97. The Morgan fingerprint density at radius 3 is 1.56 bits per heavy atom. The van der Waals surface area contributed by atoms with Gasteiger partial charge >= 0.3 is 23.9 Å². The molecule has 36 heavy (non-hydrogen) atoms. The van der Waals surface area contributed by atoms with Crippen LogP contribution in [0, 0.1) is 0 Å². The van der Waals surface area contributed by atoms with Gasteiger partial charge in [-0.3, -0.25) is 44.0 Å². The number of aliphatic carboxylic acids is 4. The lowest BCUT2D eigenvalue weighted by Crippen LogP contribution is -2.46. The van der Waals surface area contributed by atoms with Gasteiger partial charge in [0.25, 0.3) is 0 Å². The fourth-order valence-corrected chi connectivity index (χ4v) is 2.98. The molecule has 0 saturated heterocycles. The van der Waals surface area contributed by atoms with E-state index in [0.717, 1.165) is 4.90 Å². The van der Waals surface area contributed by atoms with Gasteiger partial charge in [0.1, 0.15) is 6.73 Å². The second kappa shape index (κ2) is 19.0. The van der Waals surface area contributed by atoms with Gasteiger partial charge in [-0.25, -0.2) is 0 Å². The van der Waals surface area contributed by atoms with E-state index in [9.17, 15) is 24.0 Å². The molecule has 15 heteroatoms. The first kappa shape index (κ1) is 32.7. The van der Waals surface area contributed by atoms with E-state index >= 15 is 0 Å². The van der Waals surface area contributed by atoms with Crippen molar-refractivity contribution in [3.8, 4) is 0 Å². The van der Waals surface area contributed by atoms with Crippen molar-refractivity contribution in [3.63, 3.8) is 0 Å². The second-order valence-corrected chi connectivity index (χ2v) is 7.97. The molecule has 0 rings (SSSR count). The Morgan fingerprint density at radius 1 is 0.694 bits per heavy atom. The molecular formula is C21H37N5O10. The van der Waals surface area contributed by atoms with E-state index in [4.69, 9.17) is 25.2 Å². The van der Waals surface area contributed by atoms with Gasteiger partial charge in [-0.2, -0.15) is 0 Å². The van der Waals surface area contributed by atoms with E-state index in [2.05, 4.69) is 17.2 Å². The van der Waals surface area contributed by atoms with Crippen LogP contribution >= 0.6 is 0 Å². The molecule has 0 unspecified atom stereocenters. The quantitative estimate of drug-likeness (QED) is 0.0482. The van der Waals surface area contributed by atoms with Crippen molar-refractivity contribution < 1.29 is 49.1 Å².